The fourth-order valence-corrected chi connectivity index (χ4v) is 2.26. The van der Waals surface area contributed by atoms with Crippen molar-refractivity contribution >= 4 is 0 Å². The third-order valence-corrected chi connectivity index (χ3v) is 3.42. The van der Waals surface area contributed by atoms with E-state index in [2.05, 4.69) is 0 Å². The van der Waals surface area contributed by atoms with E-state index in [1.54, 1.807) is 12.1 Å². The second-order valence-corrected chi connectivity index (χ2v) is 4.87. The highest BCUT2D eigenvalue weighted by Gasteiger charge is 2.18. The second kappa shape index (κ2) is 5.95. The molecule has 1 heterocycles. The van der Waals surface area contributed by atoms with Crippen molar-refractivity contribution in [3.63, 3.8) is 0 Å². The van der Waals surface area contributed by atoms with Crippen LogP contribution in [-0.4, -0.2) is 10.2 Å². The Morgan fingerprint density at radius 3 is 1.33 bits per heavy atom. The van der Waals surface area contributed by atoms with Crippen LogP contribution in [0.25, 0.3) is 0 Å². The Morgan fingerprint density at radius 2 is 0.952 bits per heavy atom. The molecule has 0 aliphatic heterocycles. The topological polar surface area (TPSA) is 53.6 Å². The van der Waals surface area contributed by atoms with Crippen LogP contribution >= 0.6 is 0 Å². The summed E-state index contributed by atoms with van der Waals surface area (Å²) in [6.07, 6.45) is -1.66. The molecule has 0 saturated heterocycles. The predicted octanol–water partition coefficient (Wildman–Crippen LogP) is 3.44. The molecule has 3 rings (SSSR count). The smallest absolute Gasteiger partial charge is 0.137 e. The second-order valence-electron chi connectivity index (χ2n) is 4.87. The quantitative estimate of drug-likeness (QED) is 0.769. The number of benzene rings is 2. The summed E-state index contributed by atoms with van der Waals surface area (Å²) >= 11 is 0. The molecule has 106 valence electrons. The Labute approximate surface area is 123 Å². The van der Waals surface area contributed by atoms with Crippen molar-refractivity contribution in [1.82, 2.24) is 0 Å². The lowest BCUT2D eigenvalue weighted by Gasteiger charge is -2.10. The molecule has 0 aliphatic carbocycles. The molecule has 0 aliphatic rings. The molecule has 0 radical (unpaired) electrons. The summed E-state index contributed by atoms with van der Waals surface area (Å²) in [5, 5.41) is 20.6. The average Bonchev–Trinajstić information content (AvgIpc) is 3.05. The van der Waals surface area contributed by atoms with E-state index in [9.17, 15) is 10.2 Å². The van der Waals surface area contributed by atoms with Gasteiger partial charge in [-0.2, -0.15) is 0 Å². The van der Waals surface area contributed by atoms with Crippen molar-refractivity contribution in [2.24, 2.45) is 0 Å². The maximum Gasteiger partial charge on any atom is 0.137 e. The Hall–Kier alpha value is -2.36. The lowest BCUT2D eigenvalue weighted by atomic mass is 10.1. The minimum atomic E-state index is -0.831. The molecule has 3 aromatic rings. The van der Waals surface area contributed by atoms with Crippen LogP contribution in [0.5, 0.6) is 0 Å². The van der Waals surface area contributed by atoms with Gasteiger partial charge in [0.25, 0.3) is 0 Å². The molecular weight excluding hydrogens is 264 g/mol. The van der Waals surface area contributed by atoms with E-state index >= 15 is 0 Å². The van der Waals surface area contributed by atoms with E-state index in [1.807, 2.05) is 60.7 Å². The number of furan rings is 1. The standard InChI is InChI=1S/C18H16O3/c19-17(13-7-3-1-4-8-13)15-11-12-16(21-15)18(20)14-9-5-2-6-10-14/h1-12,17-20H. The fraction of sp³-hybridized carbons (Fsp3) is 0.111. The molecule has 0 spiro atoms. The van der Waals surface area contributed by atoms with Gasteiger partial charge in [0.2, 0.25) is 0 Å². The van der Waals surface area contributed by atoms with Gasteiger partial charge in [-0.1, -0.05) is 60.7 Å². The SMILES string of the molecule is OC(c1ccccc1)c1ccc(C(O)c2ccccc2)o1. The summed E-state index contributed by atoms with van der Waals surface area (Å²) in [6.45, 7) is 0. The summed E-state index contributed by atoms with van der Waals surface area (Å²) in [6, 6.07) is 22.0. The van der Waals surface area contributed by atoms with Gasteiger partial charge in [0.05, 0.1) is 0 Å². The molecule has 2 atom stereocenters. The molecular formula is C18H16O3. The molecule has 2 aromatic carbocycles. The molecule has 0 amide bonds. The Morgan fingerprint density at radius 1 is 0.571 bits per heavy atom. The maximum atomic E-state index is 10.3. The number of aliphatic hydroxyl groups is 2. The van der Waals surface area contributed by atoms with E-state index in [0.29, 0.717) is 11.5 Å². The molecule has 3 heteroatoms. The van der Waals surface area contributed by atoms with E-state index in [1.165, 1.54) is 0 Å². The summed E-state index contributed by atoms with van der Waals surface area (Å²) in [7, 11) is 0. The van der Waals surface area contributed by atoms with Gasteiger partial charge in [-0.05, 0) is 23.3 Å². The number of hydrogen-bond acceptors (Lipinski definition) is 3. The van der Waals surface area contributed by atoms with Gasteiger partial charge >= 0.3 is 0 Å². The lowest BCUT2D eigenvalue weighted by molar-refractivity contribution is 0.159. The van der Waals surface area contributed by atoms with Gasteiger partial charge < -0.3 is 14.6 Å². The van der Waals surface area contributed by atoms with E-state index < -0.39 is 12.2 Å². The lowest BCUT2D eigenvalue weighted by Crippen LogP contribution is -1.99. The molecule has 0 saturated carbocycles. The van der Waals surface area contributed by atoms with Crippen LogP contribution < -0.4 is 0 Å². The number of rotatable bonds is 4. The van der Waals surface area contributed by atoms with Crippen LogP contribution in [0.4, 0.5) is 0 Å². The molecule has 3 nitrogen and oxygen atoms in total. The summed E-state index contributed by atoms with van der Waals surface area (Å²) in [4.78, 5) is 0. The van der Waals surface area contributed by atoms with Crippen molar-refractivity contribution in [3.8, 4) is 0 Å². The Balaban J connectivity index is 1.84. The van der Waals surface area contributed by atoms with Gasteiger partial charge in [-0.15, -0.1) is 0 Å². The van der Waals surface area contributed by atoms with E-state index in [4.69, 9.17) is 4.42 Å². The van der Waals surface area contributed by atoms with Crippen molar-refractivity contribution < 1.29 is 14.6 Å². The van der Waals surface area contributed by atoms with Crippen molar-refractivity contribution in [1.29, 1.82) is 0 Å². The van der Waals surface area contributed by atoms with Gasteiger partial charge in [-0.3, -0.25) is 0 Å². The predicted molar refractivity (Wildman–Crippen MR) is 79.7 cm³/mol. The summed E-state index contributed by atoms with van der Waals surface area (Å²) in [5.41, 5.74) is 1.51. The first-order chi connectivity index (χ1) is 10.3. The fourth-order valence-electron chi connectivity index (χ4n) is 2.26. The first-order valence-corrected chi connectivity index (χ1v) is 6.81. The van der Waals surface area contributed by atoms with Crippen LogP contribution in [0, 0.1) is 0 Å². The van der Waals surface area contributed by atoms with Crippen molar-refractivity contribution in [3.05, 3.63) is 95.4 Å². The maximum absolute atomic E-state index is 10.3. The highest BCUT2D eigenvalue weighted by molar-refractivity contribution is 5.28. The van der Waals surface area contributed by atoms with E-state index in [0.717, 1.165) is 11.1 Å². The Kier molecular flexibility index (Phi) is 3.86. The molecule has 1 aromatic heterocycles. The van der Waals surface area contributed by atoms with Gasteiger partial charge in [0.15, 0.2) is 0 Å². The number of aliphatic hydroxyl groups excluding tert-OH is 2. The molecule has 2 N–H and O–H groups in total. The minimum absolute atomic E-state index is 0.422. The Bertz CT molecular complexity index is 629. The third kappa shape index (κ3) is 2.89. The first kappa shape index (κ1) is 13.6. The number of hydrogen-bond donors (Lipinski definition) is 2. The molecule has 0 fully saturated rings. The molecule has 2 unspecified atom stereocenters. The van der Waals surface area contributed by atoms with Crippen molar-refractivity contribution in [2.75, 3.05) is 0 Å². The third-order valence-electron chi connectivity index (χ3n) is 3.42. The van der Waals surface area contributed by atoms with Crippen LogP contribution in [0.1, 0.15) is 34.9 Å². The van der Waals surface area contributed by atoms with Gasteiger partial charge in [-0.25, -0.2) is 0 Å². The van der Waals surface area contributed by atoms with Crippen LogP contribution in [-0.2, 0) is 0 Å². The summed E-state index contributed by atoms with van der Waals surface area (Å²) < 4.78 is 5.62. The van der Waals surface area contributed by atoms with Crippen molar-refractivity contribution in [2.45, 2.75) is 12.2 Å². The zero-order chi connectivity index (χ0) is 14.7. The zero-order valence-corrected chi connectivity index (χ0v) is 11.4. The van der Waals surface area contributed by atoms with Crippen LogP contribution in [0.3, 0.4) is 0 Å². The molecule has 0 bridgehead atoms. The van der Waals surface area contributed by atoms with Gasteiger partial charge in [0.1, 0.15) is 23.7 Å². The monoisotopic (exact) mass is 280 g/mol. The average molecular weight is 280 g/mol. The molecule has 21 heavy (non-hydrogen) atoms. The highest BCUT2D eigenvalue weighted by atomic mass is 16.4. The largest absolute Gasteiger partial charge is 0.460 e. The summed E-state index contributed by atoms with van der Waals surface area (Å²) in [5.74, 6) is 0.845. The van der Waals surface area contributed by atoms with Crippen LogP contribution in [0.2, 0.25) is 0 Å². The normalized spacial score (nSPS) is 13.8. The minimum Gasteiger partial charge on any atom is -0.460 e. The van der Waals surface area contributed by atoms with Gasteiger partial charge in [0, 0.05) is 0 Å². The highest BCUT2D eigenvalue weighted by Crippen LogP contribution is 2.28. The van der Waals surface area contributed by atoms with Crippen LogP contribution in [0.15, 0.2) is 77.2 Å². The zero-order valence-electron chi connectivity index (χ0n) is 11.4. The van der Waals surface area contributed by atoms with E-state index in [-0.39, 0.29) is 0 Å². The first-order valence-electron chi connectivity index (χ1n) is 6.81.